The largest absolute Gasteiger partial charge is 0.365 e. The Hall–Kier alpha value is -3.14. The van der Waals surface area contributed by atoms with Gasteiger partial charge in [-0.05, 0) is 71.7 Å². The van der Waals surface area contributed by atoms with E-state index in [0.717, 1.165) is 24.1 Å². The molecule has 3 heterocycles. The zero-order chi connectivity index (χ0) is 23.8. The van der Waals surface area contributed by atoms with E-state index in [1.807, 2.05) is 38.1 Å². The third kappa shape index (κ3) is 5.62. The zero-order valence-corrected chi connectivity index (χ0v) is 20.0. The molecule has 3 aromatic rings. The molecular formula is C23H32FN9. The van der Waals surface area contributed by atoms with Crippen molar-refractivity contribution in [1.29, 1.82) is 0 Å². The fourth-order valence-electron chi connectivity index (χ4n) is 4.57. The number of piperidine rings is 1. The highest BCUT2D eigenvalue weighted by atomic mass is 19.1. The number of rotatable bonds is 6. The van der Waals surface area contributed by atoms with Crippen molar-refractivity contribution in [3.05, 3.63) is 36.3 Å². The number of anilines is 3. The Labute approximate surface area is 193 Å². The standard InChI is InChI=1S/C23H32FN9/c1-14(2)33-30-19(29-32-33)15-8-7-9-16(10-15)27-21-25-13-18(24)20(28-21)26-17-11-22(3,4)31-23(5,6)12-17/h7-10,13-14,17,31H,11-12H2,1-6H3,(H2,25,26,27,28). The normalized spacial score (nSPS) is 17.8. The maximum atomic E-state index is 14.5. The second-order valence-electron chi connectivity index (χ2n) is 10.3. The van der Waals surface area contributed by atoms with Gasteiger partial charge in [-0.1, -0.05) is 12.1 Å². The second-order valence-corrected chi connectivity index (χ2v) is 10.3. The SMILES string of the molecule is CC(C)n1nnc(-c2cccc(Nc3ncc(F)c(NC4CC(C)(C)NC(C)(C)C4)n3)c2)n1. The molecule has 0 amide bonds. The number of tetrazole rings is 1. The van der Waals surface area contributed by atoms with Gasteiger partial charge in [0.15, 0.2) is 11.6 Å². The fraction of sp³-hybridized carbons (Fsp3) is 0.522. The molecule has 176 valence electrons. The first-order chi connectivity index (χ1) is 15.5. The van der Waals surface area contributed by atoms with Gasteiger partial charge in [0.05, 0.1) is 12.2 Å². The first-order valence-corrected chi connectivity index (χ1v) is 11.3. The second kappa shape index (κ2) is 8.66. The summed E-state index contributed by atoms with van der Waals surface area (Å²) in [6, 6.07) is 7.78. The number of nitrogens with zero attached hydrogens (tertiary/aromatic N) is 6. The Kier molecular flexibility index (Phi) is 6.04. The molecule has 1 fully saturated rings. The van der Waals surface area contributed by atoms with Gasteiger partial charge in [-0.25, -0.2) is 9.37 Å². The zero-order valence-electron chi connectivity index (χ0n) is 20.0. The molecule has 0 saturated carbocycles. The average molecular weight is 454 g/mol. The molecule has 1 aromatic carbocycles. The predicted molar refractivity (Wildman–Crippen MR) is 127 cm³/mol. The van der Waals surface area contributed by atoms with Gasteiger partial charge in [0.2, 0.25) is 11.8 Å². The van der Waals surface area contributed by atoms with E-state index in [1.165, 1.54) is 6.20 Å². The monoisotopic (exact) mass is 453 g/mol. The number of benzene rings is 1. The first kappa shape index (κ1) is 23.0. The number of halogens is 1. The Bertz CT molecular complexity index is 1110. The Morgan fingerprint density at radius 3 is 2.55 bits per heavy atom. The molecule has 0 unspecified atom stereocenters. The smallest absolute Gasteiger partial charge is 0.229 e. The van der Waals surface area contributed by atoms with Crippen molar-refractivity contribution < 1.29 is 4.39 Å². The van der Waals surface area contributed by atoms with Gasteiger partial charge in [0.1, 0.15) is 0 Å². The van der Waals surface area contributed by atoms with Crippen LogP contribution in [0.3, 0.4) is 0 Å². The van der Waals surface area contributed by atoms with Crippen LogP contribution in [-0.2, 0) is 0 Å². The van der Waals surface area contributed by atoms with Crippen LogP contribution in [0, 0.1) is 5.82 Å². The molecule has 0 radical (unpaired) electrons. The van der Waals surface area contributed by atoms with Crippen LogP contribution in [0.15, 0.2) is 30.5 Å². The molecule has 0 bridgehead atoms. The van der Waals surface area contributed by atoms with Crippen LogP contribution in [0.25, 0.3) is 11.4 Å². The lowest BCUT2D eigenvalue weighted by Crippen LogP contribution is -2.60. The van der Waals surface area contributed by atoms with E-state index < -0.39 is 5.82 Å². The van der Waals surface area contributed by atoms with Gasteiger partial charge in [-0.15, -0.1) is 10.2 Å². The lowest BCUT2D eigenvalue weighted by molar-refractivity contribution is 0.170. The molecule has 3 N–H and O–H groups in total. The molecule has 0 aliphatic carbocycles. The maximum absolute atomic E-state index is 14.5. The van der Waals surface area contributed by atoms with Crippen molar-refractivity contribution in [2.45, 2.75) is 77.5 Å². The first-order valence-electron chi connectivity index (χ1n) is 11.3. The third-order valence-corrected chi connectivity index (χ3v) is 5.54. The van der Waals surface area contributed by atoms with Crippen molar-refractivity contribution in [3.63, 3.8) is 0 Å². The third-order valence-electron chi connectivity index (χ3n) is 5.54. The van der Waals surface area contributed by atoms with Crippen LogP contribution in [0.5, 0.6) is 0 Å². The minimum atomic E-state index is -0.474. The van der Waals surface area contributed by atoms with Gasteiger partial charge >= 0.3 is 0 Å². The highest BCUT2D eigenvalue weighted by Gasteiger charge is 2.38. The van der Waals surface area contributed by atoms with E-state index in [4.69, 9.17) is 0 Å². The van der Waals surface area contributed by atoms with Gasteiger partial charge in [0.25, 0.3) is 0 Å². The van der Waals surface area contributed by atoms with Crippen LogP contribution in [0.4, 0.5) is 21.8 Å². The molecule has 0 spiro atoms. The summed E-state index contributed by atoms with van der Waals surface area (Å²) in [6.07, 6.45) is 2.90. The highest BCUT2D eigenvalue weighted by molar-refractivity contribution is 5.65. The lowest BCUT2D eigenvalue weighted by atomic mass is 9.79. The van der Waals surface area contributed by atoms with E-state index in [2.05, 4.69) is 69.0 Å². The van der Waals surface area contributed by atoms with Gasteiger partial charge < -0.3 is 16.0 Å². The maximum Gasteiger partial charge on any atom is 0.229 e. The van der Waals surface area contributed by atoms with Crippen molar-refractivity contribution in [1.82, 2.24) is 35.5 Å². The van der Waals surface area contributed by atoms with Crippen LogP contribution in [-0.4, -0.2) is 47.3 Å². The lowest BCUT2D eigenvalue weighted by Gasteiger charge is -2.46. The van der Waals surface area contributed by atoms with Gasteiger partial charge in [-0.2, -0.15) is 9.78 Å². The van der Waals surface area contributed by atoms with Crippen LogP contribution < -0.4 is 16.0 Å². The quantitative estimate of drug-likeness (QED) is 0.507. The summed E-state index contributed by atoms with van der Waals surface area (Å²) in [4.78, 5) is 10.1. The van der Waals surface area contributed by atoms with E-state index in [1.54, 1.807) is 4.80 Å². The summed E-state index contributed by atoms with van der Waals surface area (Å²) < 4.78 is 14.5. The van der Waals surface area contributed by atoms with Crippen molar-refractivity contribution in [2.75, 3.05) is 10.6 Å². The van der Waals surface area contributed by atoms with E-state index >= 15 is 0 Å². The fourth-order valence-corrected chi connectivity index (χ4v) is 4.57. The Balaban J connectivity index is 1.51. The average Bonchev–Trinajstić information content (AvgIpc) is 3.19. The number of aromatic nitrogens is 6. The number of hydrogen-bond acceptors (Lipinski definition) is 8. The minimum absolute atomic E-state index is 0.0596. The number of nitrogens with one attached hydrogen (secondary N) is 3. The Morgan fingerprint density at radius 1 is 1.15 bits per heavy atom. The minimum Gasteiger partial charge on any atom is -0.365 e. The molecule has 1 saturated heterocycles. The van der Waals surface area contributed by atoms with E-state index in [-0.39, 0.29) is 29.0 Å². The molecule has 0 atom stereocenters. The van der Waals surface area contributed by atoms with Gasteiger partial charge in [-0.3, -0.25) is 0 Å². The molecule has 1 aliphatic rings. The van der Waals surface area contributed by atoms with Crippen LogP contribution >= 0.6 is 0 Å². The highest BCUT2D eigenvalue weighted by Crippen LogP contribution is 2.31. The summed E-state index contributed by atoms with van der Waals surface area (Å²) in [5.41, 5.74) is 1.44. The molecule has 10 heteroatoms. The molecule has 9 nitrogen and oxygen atoms in total. The molecular weight excluding hydrogens is 421 g/mol. The summed E-state index contributed by atoms with van der Waals surface area (Å²) in [7, 11) is 0. The van der Waals surface area contributed by atoms with Crippen molar-refractivity contribution >= 4 is 17.5 Å². The summed E-state index contributed by atoms with van der Waals surface area (Å²) in [5, 5.41) is 22.7. The summed E-state index contributed by atoms with van der Waals surface area (Å²) >= 11 is 0. The van der Waals surface area contributed by atoms with Crippen molar-refractivity contribution in [2.24, 2.45) is 0 Å². The molecule has 2 aromatic heterocycles. The topological polar surface area (TPSA) is 105 Å². The number of hydrogen-bond donors (Lipinski definition) is 3. The van der Waals surface area contributed by atoms with Crippen molar-refractivity contribution in [3.8, 4) is 11.4 Å². The van der Waals surface area contributed by atoms with Crippen LogP contribution in [0.1, 0.15) is 60.4 Å². The molecule has 33 heavy (non-hydrogen) atoms. The van der Waals surface area contributed by atoms with E-state index in [0.29, 0.717) is 11.8 Å². The molecule has 1 aliphatic heterocycles. The summed E-state index contributed by atoms with van der Waals surface area (Å²) in [5.74, 6) is 0.565. The van der Waals surface area contributed by atoms with E-state index in [9.17, 15) is 4.39 Å². The Morgan fingerprint density at radius 2 is 1.88 bits per heavy atom. The molecule has 4 rings (SSSR count). The summed E-state index contributed by atoms with van der Waals surface area (Å²) in [6.45, 7) is 12.6. The van der Waals surface area contributed by atoms with Crippen LogP contribution in [0.2, 0.25) is 0 Å². The predicted octanol–water partition coefficient (Wildman–Crippen LogP) is 4.31. The van der Waals surface area contributed by atoms with Gasteiger partial charge in [0, 0.05) is 28.4 Å².